The predicted molar refractivity (Wildman–Crippen MR) is 102 cm³/mol. The van der Waals surface area contributed by atoms with E-state index in [9.17, 15) is 35.2 Å². The lowest BCUT2D eigenvalue weighted by Crippen LogP contribution is -2.28. The summed E-state index contributed by atoms with van der Waals surface area (Å²) in [5.74, 6) is -4.45. The van der Waals surface area contributed by atoms with E-state index in [4.69, 9.17) is 5.14 Å². The maximum absolute atomic E-state index is 13.4. The Bertz CT molecular complexity index is 1120. The first-order valence-corrected chi connectivity index (χ1v) is 11.1. The maximum Gasteiger partial charge on any atom is 0.435 e. The molecule has 0 atom stereocenters. The van der Waals surface area contributed by atoms with Crippen molar-refractivity contribution in [1.82, 2.24) is 14.8 Å². The number of alkyl halides is 5. The number of anilines is 1. The molecule has 0 saturated heterocycles. The van der Waals surface area contributed by atoms with E-state index >= 15 is 0 Å². The number of aromatic nitrogens is 3. The Morgan fingerprint density at radius 2 is 1.91 bits per heavy atom. The summed E-state index contributed by atoms with van der Waals surface area (Å²) in [5, 5.41) is 10.2. The molecule has 3 rings (SSSR count). The summed E-state index contributed by atoms with van der Waals surface area (Å²) in [6.45, 7) is 0.921. The lowest BCUT2D eigenvalue weighted by molar-refractivity contribution is -0.142. The monoisotopic (exact) mass is 481 g/mol. The van der Waals surface area contributed by atoms with Crippen LogP contribution in [-0.2, 0) is 22.7 Å². The number of primary sulfonamides is 1. The smallest absolute Gasteiger partial charge is 0.305 e. The second-order valence-corrected chi connectivity index (χ2v) is 9.17. The zero-order chi connectivity index (χ0) is 23.9. The summed E-state index contributed by atoms with van der Waals surface area (Å²) in [6.07, 6.45) is -5.47. The third-order valence-electron chi connectivity index (χ3n) is 5.20. The number of carbonyl (C=O) groups is 1. The van der Waals surface area contributed by atoms with Gasteiger partial charge in [-0.25, -0.2) is 27.3 Å². The van der Waals surface area contributed by atoms with Crippen LogP contribution in [0.2, 0.25) is 0 Å². The number of rotatable bonds is 5. The maximum atomic E-state index is 13.4. The molecule has 1 saturated carbocycles. The van der Waals surface area contributed by atoms with Crippen LogP contribution < -0.4 is 10.5 Å². The van der Waals surface area contributed by atoms with Gasteiger partial charge in [0, 0.05) is 24.9 Å². The van der Waals surface area contributed by atoms with E-state index in [1.165, 1.54) is 12.1 Å². The molecule has 0 aliphatic heterocycles. The highest BCUT2D eigenvalue weighted by atomic mass is 32.2. The van der Waals surface area contributed by atoms with Crippen LogP contribution in [0.4, 0.5) is 27.8 Å². The van der Waals surface area contributed by atoms with Gasteiger partial charge in [0.2, 0.25) is 5.92 Å². The van der Waals surface area contributed by atoms with Crippen molar-refractivity contribution in [1.29, 1.82) is 0 Å². The molecule has 1 aliphatic rings. The van der Waals surface area contributed by atoms with Crippen molar-refractivity contribution in [3.05, 3.63) is 35.2 Å². The van der Waals surface area contributed by atoms with Crippen molar-refractivity contribution < 1.29 is 35.2 Å². The molecule has 1 amide bonds. The fraction of sp³-hybridized carbons (Fsp3) is 0.500. The number of nitrogens with zero attached hydrogens (tertiary/aromatic N) is 3. The Kier molecular flexibility index (Phi) is 6.30. The molecule has 176 valence electrons. The van der Waals surface area contributed by atoms with E-state index in [-0.39, 0.29) is 31.1 Å². The van der Waals surface area contributed by atoms with Gasteiger partial charge < -0.3 is 5.32 Å². The minimum atomic E-state index is -4.84. The molecule has 1 fully saturated rings. The molecule has 0 radical (unpaired) electrons. The zero-order valence-electron chi connectivity index (χ0n) is 16.8. The summed E-state index contributed by atoms with van der Waals surface area (Å²) in [4.78, 5) is 16.5. The highest BCUT2D eigenvalue weighted by Crippen LogP contribution is 2.38. The van der Waals surface area contributed by atoms with Crippen LogP contribution in [0.25, 0.3) is 0 Å². The predicted octanol–water partition coefficient (Wildman–Crippen LogP) is 3.33. The molecule has 0 unspecified atom stereocenters. The van der Waals surface area contributed by atoms with Gasteiger partial charge in [-0.3, -0.25) is 9.48 Å². The van der Waals surface area contributed by atoms with Gasteiger partial charge in [0.1, 0.15) is 11.5 Å². The molecule has 8 nitrogen and oxygen atoms in total. The second-order valence-electron chi connectivity index (χ2n) is 7.66. The van der Waals surface area contributed by atoms with Gasteiger partial charge in [-0.2, -0.15) is 18.3 Å². The number of pyridine rings is 1. The van der Waals surface area contributed by atoms with Gasteiger partial charge in [-0.1, -0.05) is 6.07 Å². The third kappa shape index (κ3) is 5.41. The minimum Gasteiger partial charge on any atom is -0.305 e. The Labute approximate surface area is 180 Å². The highest BCUT2D eigenvalue weighted by molar-refractivity contribution is 7.89. The van der Waals surface area contributed by atoms with Crippen LogP contribution >= 0.6 is 0 Å². The number of halogens is 5. The van der Waals surface area contributed by atoms with Crippen molar-refractivity contribution >= 4 is 21.7 Å². The third-order valence-corrected chi connectivity index (χ3v) is 6.01. The van der Waals surface area contributed by atoms with Gasteiger partial charge >= 0.3 is 6.18 Å². The number of nitrogens with one attached hydrogen (secondary N) is 1. The molecule has 0 spiro atoms. The Balaban J connectivity index is 1.92. The van der Waals surface area contributed by atoms with Crippen LogP contribution in [0.5, 0.6) is 0 Å². The Morgan fingerprint density at radius 1 is 1.28 bits per heavy atom. The number of hydrogen-bond acceptors (Lipinski definition) is 5. The summed E-state index contributed by atoms with van der Waals surface area (Å²) >= 11 is 0. The van der Waals surface area contributed by atoms with Crippen molar-refractivity contribution in [2.45, 2.75) is 56.3 Å². The molecular weight excluding hydrogens is 461 g/mol. The highest BCUT2D eigenvalue weighted by Gasteiger charge is 2.40. The molecule has 2 heterocycles. The quantitative estimate of drug-likeness (QED) is 0.635. The lowest BCUT2D eigenvalue weighted by atomic mass is 9.87. The fourth-order valence-electron chi connectivity index (χ4n) is 3.59. The molecule has 14 heteroatoms. The lowest BCUT2D eigenvalue weighted by Gasteiger charge is -2.28. The van der Waals surface area contributed by atoms with Gasteiger partial charge in [-0.05, 0) is 37.8 Å². The van der Waals surface area contributed by atoms with Crippen molar-refractivity contribution in [3.63, 3.8) is 0 Å². The largest absolute Gasteiger partial charge is 0.435 e. The van der Waals surface area contributed by atoms with Gasteiger partial charge in [0.05, 0.1) is 0 Å². The van der Waals surface area contributed by atoms with Crippen LogP contribution in [0.1, 0.15) is 47.4 Å². The van der Waals surface area contributed by atoms with Crippen LogP contribution in [0.3, 0.4) is 0 Å². The van der Waals surface area contributed by atoms with Gasteiger partial charge in [0.25, 0.3) is 15.9 Å². The zero-order valence-corrected chi connectivity index (χ0v) is 17.6. The topological polar surface area (TPSA) is 120 Å². The average molecular weight is 481 g/mol. The first kappa shape index (κ1) is 24.0. The number of sulfonamides is 1. The molecule has 0 bridgehead atoms. The van der Waals surface area contributed by atoms with Gasteiger partial charge in [-0.15, -0.1) is 0 Å². The number of nitrogens with two attached hydrogens (primary N) is 1. The molecule has 32 heavy (non-hydrogen) atoms. The van der Waals surface area contributed by atoms with Crippen molar-refractivity contribution in [3.8, 4) is 0 Å². The van der Waals surface area contributed by atoms with Crippen LogP contribution in [0, 0.1) is 12.8 Å². The first-order valence-electron chi connectivity index (χ1n) is 9.51. The summed E-state index contributed by atoms with van der Waals surface area (Å²) in [7, 11) is -4.18. The first-order chi connectivity index (χ1) is 14.7. The number of carbonyl (C=O) groups excluding carboxylic acids is 1. The van der Waals surface area contributed by atoms with Crippen molar-refractivity contribution in [2.24, 2.45) is 11.1 Å². The molecule has 3 N–H and O–H groups in total. The summed E-state index contributed by atoms with van der Waals surface area (Å²) in [6, 6.07) is 3.56. The van der Waals surface area contributed by atoms with Crippen LogP contribution in [0.15, 0.2) is 23.2 Å². The molecule has 0 aromatic carbocycles. The van der Waals surface area contributed by atoms with Gasteiger partial charge in [0.15, 0.2) is 10.7 Å². The van der Waals surface area contributed by atoms with E-state index < -0.39 is 62.8 Å². The Hall–Kier alpha value is -2.61. The van der Waals surface area contributed by atoms with E-state index in [1.807, 2.05) is 0 Å². The van der Waals surface area contributed by atoms with E-state index in [0.717, 1.165) is 17.7 Å². The summed E-state index contributed by atoms with van der Waals surface area (Å²) in [5.41, 5.74) is -2.13. The molecular formula is C18H20F5N5O3S. The normalized spacial score (nSPS) is 17.3. The standard InChI is InChI=1S/C18H20F5N5O3S/c1-10-14(16(29)26-12-3-2-4-13(25-12)32(24,30)31)28(27-15(10)18(21,22)23)9-11-5-7-17(19,20)8-6-11/h2-4,11H,5-9H2,1H3,(H2,24,30,31)(H,25,26,29). The van der Waals surface area contributed by atoms with E-state index in [1.54, 1.807) is 0 Å². The SMILES string of the molecule is Cc1c(C(F)(F)F)nn(CC2CCC(F)(F)CC2)c1C(=O)Nc1cccc(S(N)(=O)=O)n1. The Morgan fingerprint density at radius 3 is 2.47 bits per heavy atom. The average Bonchev–Trinajstić information content (AvgIpc) is 2.99. The summed E-state index contributed by atoms with van der Waals surface area (Å²) < 4.78 is 90.8. The van der Waals surface area contributed by atoms with E-state index in [2.05, 4.69) is 15.4 Å². The fourth-order valence-corrected chi connectivity index (χ4v) is 4.08. The minimum absolute atomic E-state index is 0.0757. The molecule has 2 aromatic rings. The van der Waals surface area contributed by atoms with E-state index in [0.29, 0.717) is 0 Å². The molecule has 2 aromatic heterocycles. The second kappa shape index (κ2) is 8.39. The van der Waals surface area contributed by atoms with Crippen molar-refractivity contribution in [2.75, 3.05) is 5.32 Å². The number of hydrogen-bond donors (Lipinski definition) is 2. The number of amides is 1. The van der Waals surface area contributed by atoms with Crippen LogP contribution in [-0.4, -0.2) is 35.0 Å². The molecule has 1 aliphatic carbocycles.